The number of anilines is 1. The first-order valence-electron chi connectivity index (χ1n) is 9.75. The summed E-state index contributed by atoms with van der Waals surface area (Å²) in [6.07, 6.45) is 0. The average Bonchev–Trinajstić information content (AvgIpc) is 3.01. The minimum Gasteiger partial charge on any atom is -0.336 e. The van der Waals surface area contributed by atoms with E-state index in [-0.39, 0.29) is 12.1 Å². The molecule has 0 aliphatic heterocycles. The summed E-state index contributed by atoms with van der Waals surface area (Å²) >= 11 is 0. The molecule has 0 saturated carbocycles. The van der Waals surface area contributed by atoms with Gasteiger partial charge in [0.15, 0.2) is 0 Å². The number of carbonyl (C=O) groups excluding carboxylic acids is 1. The van der Waals surface area contributed by atoms with Crippen LogP contribution in [0.25, 0.3) is 5.69 Å². The zero-order chi connectivity index (χ0) is 21.0. The molecule has 152 valence electrons. The van der Waals surface area contributed by atoms with E-state index < -0.39 is 0 Å². The Hall–Kier alpha value is -3.12. The Morgan fingerprint density at radius 2 is 1.79 bits per heavy atom. The number of hydrogen-bond donors (Lipinski definition) is 2. The van der Waals surface area contributed by atoms with E-state index in [1.54, 1.807) is 0 Å². The van der Waals surface area contributed by atoms with Gasteiger partial charge < -0.3 is 15.5 Å². The van der Waals surface area contributed by atoms with E-state index in [0.717, 1.165) is 22.8 Å². The number of benzene rings is 2. The SMILES string of the molecule is Cc1ccc(C(CNC(=O)Nc2cccc(-n3nc(C)cc3C)c2)N(C)C)cc1. The summed E-state index contributed by atoms with van der Waals surface area (Å²) in [5, 5.41) is 10.4. The maximum Gasteiger partial charge on any atom is 0.319 e. The molecule has 2 amide bonds. The van der Waals surface area contributed by atoms with Gasteiger partial charge in [0.05, 0.1) is 17.4 Å². The Morgan fingerprint density at radius 3 is 2.41 bits per heavy atom. The molecule has 1 aromatic heterocycles. The maximum atomic E-state index is 12.5. The van der Waals surface area contributed by atoms with Crippen LogP contribution in [0.4, 0.5) is 10.5 Å². The van der Waals surface area contributed by atoms with Crippen molar-refractivity contribution in [2.75, 3.05) is 26.0 Å². The number of nitrogens with one attached hydrogen (secondary N) is 2. The first-order chi connectivity index (χ1) is 13.8. The maximum absolute atomic E-state index is 12.5. The largest absolute Gasteiger partial charge is 0.336 e. The molecule has 3 aromatic rings. The number of hydrogen-bond acceptors (Lipinski definition) is 3. The molecule has 0 saturated heterocycles. The molecule has 0 radical (unpaired) electrons. The number of amides is 2. The molecule has 0 bridgehead atoms. The third-order valence-electron chi connectivity index (χ3n) is 4.90. The van der Waals surface area contributed by atoms with Gasteiger partial charge in [0.2, 0.25) is 0 Å². The number of aromatic nitrogens is 2. The fourth-order valence-electron chi connectivity index (χ4n) is 3.36. The quantitative estimate of drug-likeness (QED) is 0.661. The second-order valence-corrected chi connectivity index (χ2v) is 7.61. The molecule has 1 heterocycles. The van der Waals surface area contributed by atoms with Crippen LogP contribution in [0, 0.1) is 20.8 Å². The van der Waals surface area contributed by atoms with E-state index in [9.17, 15) is 4.79 Å². The van der Waals surface area contributed by atoms with Crippen molar-refractivity contribution in [1.82, 2.24) is 20.0 Å². The molecule has 0 aliphatic carbocycles. The van der Waals surface area contributed by atoms with Crippen molar-refractivity contribution in [2.45, 2.75) is 26.8 Å². The van der Waals surface area contributed by atoms with Crippen LogP contribution in [-0.4, -0.2) is 41.4 Å². The lowest BCUT2D eigenvalue weighted by molar-refractivity contribution is 0.243. The van der Waals surface area contributed by atoms with Gasteiger partial charge in [0.1, 0.15) is 0 Å². The van der Waals surface area contributed by atoms with Gasteiger partial charge in [-0.1, -0.05) is 35.9 Å². The Labute approximate surface area is 172 Å². The van der Waals surface area contributed by atoms with Crippen LogP contribution in [-0.2, 0) is 0 Å². The van der Waals surface area contributed by atoms with Crippen molar-refractivity contribution < 1.29 is 4.79 Å². The molecule has 1 atom stereocenters. The second kappa shape index (κ2) is 8.92. The van der Waals surface area contributed by atoms with Crippen LogP contribution in [0.15, 0.2) is 54.6 Å². The number of nitrogens with zero attached hydrogens (tertiary/aromatic N) is 3. The summed E-state index contributed by atoms with van der Waals surface area (Å²) in [7, 11) is 4.03. The Kier molecular flexibility index (Phi) is 6.34. The molecule has 0 spiro atoms. The Morgan fingerprint density at radius 1 is 1.07 bits per heavy atom. The van der Waals surface area contributed by atoms with Crippen LogP contribution in [0.2, 0.25) is 0 Å². The van der Waals surface area contributed by atoms with Crippen LogP contribution in [0.3, 0.4) is 0 Å². The van der Waals surface area contributed by atoms with Gasteiger partial charge in [-0.15, -0.1) is 0 Å². The van der Waals surface area contributed by atoms with E-state index in [2.05, 4.69) is 51.8 Å². The van der Waals surface area contributed by atoms with E-state index in [1.807, 2.05) is 63.0 Å². The molecule has 6 heteroatoms. The van der Waals surface area contributed by atoms with E-state index in [4.69, 9.17) is 0 Å². The summed E-state index contributed by atoms with van der Waals surface area (Å²) in [6.45, 7) is 6.56. The van der Waals surface area contributed by atoms with E-state index in [0.29, 0.717) is 6.54 Å². The number of aryl methyl sites for hydroxylation is 3. The number of likely N-dealkylation sites (N-methyl/N-ethyl adjacent to an activating group) is 1. The zero-order valence-electron chi connectivity index (χ0n) is 17.7. The first kappa shape index (κ1) is 20.6. The molecular weight excluding hydrogens is 362 g/mol. The summed E-state index contributed by atoms with van der Waals surface area (Å²) < 4.78 is 1.87. The third-order valence-corrected chi connectivity index (χ3v) is 4.90. The van der Waals surface area contributed by atoms with Gasteiger partial charge in [-0.25, -0.2) is 9.48 Å². The van der Waals surface area contributed by atoms with Gasteiger partial charge in [-0.05, 0) is 64.7 Å². The fraction of sp³-hybridized carbons (Fsp3) is 0.304. The van der Waals surface area contributed by atoms with Crippen LogP contribution in [0.5, 0.6) is 0 Å². The first-order valence-corrected chi connectivity index (χ1v) is 9.75. The lowest BCUT2D eigenvalue weighted by atomic mass is 10.0. The smallest absolute Gasteiger partial charge is 0.319 e. The summed E-state index contributed by atoms with van der Waals surface area (Å²) in [5.41, 5.74) is 6.05. The van der Waals surface area contributed by atoms with Crippen molar-refractivity contribution in [3.05, 3.63) is 77.1 Å². The van der Waals surface area contributed by atoms with Crippen molar-refractivity contribution >= 4 is 11.7 Å². The normalized spacial score (nSPS) is 12.1. The lowest BCUT2D eigenvalue weighted by Crippen LogP contribution is -2.36. The second-order valence-electron chi connectivity index (χ2n) is 7.61. The highest BCUT2D eigenvalue weighted by Gasteiger charge is 2.15. The molecule has 0 fully saturated rings. The van der Waals surface area contributed by atoms with Gasteiger partial charge in [0, 0.05) is 17.9 Å². The van der Waals surface area contributed by atoms with E-state index >= 15 is 0 Å². The van der Waals surface area contributed by atoms with Crippen molar-refractivity contribution in [1.29, 1.82) is 0 Å². The Balaban J connectivity index is 1.65. The number of urea groups is 1. The molecule has 1 unspecified atom stereocenters. The molecule has 6 nitrogen and oxygen atoms in total. The van der Waals surface area contributed by atoms with Crippen LogP contribution in [0.1, 0.15) is 28.6 Å². The third kappa shape index (κ3) is 5.23. The zero-order valence-corrected chi connectivity index (χ0v) is 17.7. The molecule has 3 rings (SSSR count). The highest BCUT2D eigenvalue weighted by Crippen LogP contribution is 2.19. The van der Waals surface area contributed by atoms with Crippen molar-refractivity contribution in [3.63, 3.8) is 0 Å². The summed E-state index contributed by atoms with van der Waals surface area (Å²) in [6, 6.07) is 18.0. The predicted octanol–water partition coefficient (Wildman–Crippen LogP) is 4.22. The minimum atomic E-state index is -0.227. The van der Waals surface area contributed by atoms with Crippen molar-refractivity contribution in [3.8, 4) is 5.69 Å². The molecule has 2 N–H and O–H groups in total. The fourth-order valence-corrected chi connectivity index (χ4v) is 3.36. The molecule has 29 heavy (non-hydrogen) atoms. The van der Waals surface area contributed by atoms with Gasteiger partial charge >= 0.3 is 6.03 Å². The highest BCUT2D eigenvalue weighted by molar-refractivity contribution is 5.89. The van der Waals surface area contributed by atoms with Crippen LogP contribution < -0.4 is 10.6 Å². The number of carbonyl (C=O) groups is 1. The molecule has 0 aliphatic rings. The molecular formula is C23H29N5O. The predicted molar refractivity (Wildman–Crippen MR) is 118 cm³/mol. The topological polar surface area (TPSA) is 62.2 Å². The number of rotatable bonds is 6. The Bertz CT molecular complexity index is 975. The van der Waals surface area contributed by atoms with E-state index in [1.165, 1.54) is 11.1 Å². The molecule has 2 aromatic carbocycles. The average molecular weight is 392 g/mol. The van der Waals surface area contributed by atoms with Gasteiger partial charge in [-0.2, -0.15) is 5.10 Å². The standard InChI is InChI=1S/C23H29N5O/c1-16-9-11-19(12-10-16)22(27(4)5)15-24-23(29)25-20-7-6-8-21(14-20)28-18(3)13-17(2)26-28/h6-14,22H,15H2,1-5H3,(H2,24,25,29). The minimum absolute atomic E-state index is 0.0994. The van der Waals surface area contributed by atoms with Crippen LogP contribution >= 0.6 is 0 Å². The van der Waals surface area contributed by atoms with Gasteiger partial charge in [-0.3, -0.25) is 0 Å². The van der Waals surface area contributed by atoms with Crippen molar-refractivity contribution in [2.24, 2.45) is 0 Å². The monoisotopic (exact) mass is 391 g/mol. The highest BCUT2D eigenvalue weighted by atomic mass is 16.2. The summed E-state index contributed by atoms with van der Waals surface area (Å²) in [4.78, 5) is 14.6. The summed E-state index contributed by atoms with van der Waals surface area (Å²) in [5.74, 6) is 0. The lowest BCUT2D eigenvalue weighted by Gasteiger charge is -2.25. The van der Waals surface area contributed by atoms with Gasteiger partial charge in [0.25, 0.3) is 0 Å².